The number of carbonyl (C=O) groups excluding carboxylic acids is 3. The van der Waals surface area contributed by atoms with Gasteiger partial charge in [-0.3, -0.25) is 9.59 Å². The molecule has 0 radical (unpaired) electrons. The second-order valence-corrected chi connectivity index (χ2v) is 15.8. The topological polar surface area (TPSA) is 173 Å². The van der Waals surface area contributed by atoms with Crippen LogP contribution < -0.4 is 25.0 Å². The number of alkyl carbamates (subject to hydrolysis) is 1. The van der Waals surface area contributed by atoms with Crippen LogP contribution in [0.5, 0.6) is 11.5 Å². The molecule has 1 aromatic carbocycles. The number of carboxylic acid groups (broad SMARTS) is 1. The number of methoxy groups -OCH3 is 1. The predicted octanol–water partition coefficient (Wildman–Crippen LogP) is 5.30. The summed E-state index contributed by atoms with van der Waals surface area (Å²) in [5, 5.41) is 19.3. The van der Waals surface area contributed by atoms with Crippen molar-refractivity contribution in [2.45, 2.75) is 100 Å². The van der Waals surface area contributed by atoms with E-state index in [2.05, 4.69) is 10.6 Å². The number of hydrogen-bond acceptors (Lipinski definition) is 11. The van der Waals surface area contributed by atoms with Crippen LogP contribution in [0.15, 0.2) is 41.8 Å². The van der Waals surface area contributed by atoms with Gasteiger partial charge in [-0.2, -0.15) is 0 Å². The van der Waals surface area contributed by atoms with Gasteiger partial charge >= 0.3 is 12.1 Å². The van der Waals surface area contributed by atoms with Gasteiger partial charge in [0.1, 0.15) is 47.0 Å². The number of carbonyl (C=O) groups is 4. The van der Waals surface area contributed by atoms with Crippen molar-refractivity contribution in [3.05, 3.63) is 41.8 Å². The zero-order chi connectivity index (χ0) is 38.0. The van der Waals surface area contributed by atoms with Crippen LogP contribution in [0.1, 0.15) is 70.6 Å². The number of carboxylic acids is 1. The van der Waals surface area contributed by atoms with Gasteiger partial charge in [-0.15, -0.1) is 11.3 Å². The highest BCUT2D eigenvalue weighted by molar-refractivity contribution is 7.14. The smallest absolute Gasteiger partial charge is 0.408 e. The molecular weight excluding hydrogens is 713 g/mol. The summed E-state index contributed by atoms with van der Waals surface area (Å²) in [7, 11) is 5.42. The Hall–Kier alpha value is -4.92. The minimum atomic E-state index is -1.45. The Labute approximate surface area is 318 Å². The molecule has 0 bridgehead atoms. The van der Waals surface area contributed by atoms with Gasteiger partial charge in [0.25, 0.3) is 0 Å². The maximum atomic E-state index is 14.5. The molecule has 3 N–H and O–H groups in total. The third kappa shape index (κ3) is 7.96. The molecule has 5 atom stereocenters. The largest absolute Gasteiger partial charge is 0.497 e. The predicted molar refractivity (Wildman–Crippen MR) is 203 cm³/mol. The van der Waals surface area contributed by atoms with E-state index in [1.165, 1.54) is 16.2 Å². The lowest BCUT2D eigenvalue weighted by atomic mass is 10.0. The number of aliphatic carboxylic acids is 1. The van der Waals surface area contributed by atoms with Crippen LogP contribution in [0.25, 0.3) is 22.3 Å². The third-order valence-electron chi connectivity index (χ3n) is 10.9. The van der Waals surface area contributed by atoms with E-state index in [4.69, 9.17) is 24.2 Å². The zero-order valence-corrected chi connectivity index (χ0v) is 31.7. The van der Waals surface area contributed by atoms with Gasteiger partial charge < -0.3 is 39.8 Å². The SMILES string of the molecule is COc1ccc2c(O[C@@H]3C[C@H]4C(=O)N[C@]5(C(=O)O)C[C@H]5/C=C\CCCCC[C@H](NC(=O)OC5CCCC5)C(=O)N4C3)cc(-c3csc(N(C)C)n3)nc2c1. The Kier molecular flexibility index (Phi) is 11.0. The average Bonchev–Trinajstić information content (AvgIpc) is 3.61. The quantitative estimate of drug-likeness (QED) is 0.255. The van der Waals surface area contributed by atoms with Crippen molar-refractivity contribution in [3.8, 4) is 22.9 Å². The molecule has 54 heavy (non-hydrogen) atoms. The molecule has 2 aliphatic carbocycles. The molecule has 3 fully saturated rings. The summed E-state index contributed by atoms with van der Waals surface area (Å²) in [4.78, 5) is 67.3. The van der Waals surface area contributed by atoms with Gasteiger partial charge in [0.05, 0.1) is 24.9 Å². The van der Waals surface area contributed by atoms with E-state index in [0.717, 1.165) is 50.1 Å². The summed E-state index contributed by atoms with van der Waals surface area (Å²) >= 11 is 1.49. The maximum Gasteiger partial charge on any atom is 0.408 e. The number of hydrogen-bond donors (Lipinski definition) is 3. The van der Waals surface area contributed by atoms with Crippen molar-refractivity contribution in [1.29, 1.82) is 0 Å². The van der Waals surface area contributed by atoms with Crippen LogP contribution in [0, 0.1) is 5.92 Å². The molecule has 4 aliphatic rings. The number of amides is 3. The molecule has 0 spiro atoms. The molecule has 3 amide bonds. The number of nitrogens with zero attached hydrogens (tertiary/aromatic N) is 4. The molecule has 2 saturated carbocycles. The van der Waals surface area contributed by atoms with Gasteiger partial charge in [0.2, 0.25) is 11.8 Å². The molecular formula is C39H48N6O8S. The summed E-state index contributed by atoms with van der Waals surface area (Å²) in [6, 6.07) is 5.31. The number of ether oxygens (including phenoxy) is 3. The molecule has 14 nitrogen and oxygen atoms in total. The minimum Gasteiger partial charge on any atom is -0.497 e. The van der Waals surface area contributed by atoms with E-state index >= 15 is 0 Å². The molecule has 4 heterocycles. The van der Waals surface area contributed by atoms with Crippen molar-refractivity contribution in [3.63, 3.8) is 0 Å². The monoisotopic (exact) mass is 760 g/mol. The van der Waals surface area contributed by atoms with Crippen LogP contribution in [0.3, 0.4) is 0 Å². The van der Waals surface area contributed by atoms with Crippen LogP contribution >= 0.6 is 11.3 Å². The lowest BCUT2D eigenvalue weighted by Gasteiger charge is -2.29. The molecule has 3 aromatic rings. The molecule has 0 unspecified atom stereocenters. The zero-order valence-electron chi connectivity index (χ0n) is 30.9. The highest BCUT2D eigenvalue weighted by Gasteiger charge is 2.61. The fourth-order valence-electron chi connectivity index (χ4n) is 7.78. The summed E-state index contributed by atoms with van der Waals surface area (Å²) in [5.41, 5.74) is 0.415. The van der Waals surface area contributed by atoms with E-state index in [0.29, 0.717) is 46.6 Å². The van der Waals surface area contributed by atoms with Crippen molar-refractivity contribution >= 4 is 51.2 Å². The highest BCUT2D eigenvalue weighted by Crippen LogP contribution is 2.45. The second kappa shape index (κ2) is 15.8. The first-order valence-electron chi connectivity index (χ1n) is 18.8. The third-order valence-corrected chi connectivity index (χ3v) is 11.9. The van der Waals surface area contributed by atoms with Gasteiger partial charge in [-0.1, -0.05) is 25.0 Å². The van der Waals surface area contributed by atoms with E-state index in [1.807, 2.05) is 60.8 Å². The number of nitrogens with one attached hydrogen (secondary N) is 2. The highest BCUT2D eigenvalue weighted by atomic mass is 32.1. The molecule has 2 aromatic heterocycles. The van der Waals surface area contributed by atoms with Crippen LogP contribution in [-0.4, -0.2) is 101 Å². The minimum absolute atomic E-state index is 0.0347. The number of pyridine rings is 1. The summed E-state index contributed by atoms with van der Waals surface area (Å²) in [6.45, 7) is 0.0347. The average molecular weight is 761 g/mol. The van der Waals surface area contributed by atoms with Crippen molar-refractivity contribution in [2.24, 2.45) is 5.92 Å². The number of aromatic nitrogens is 2. The molecule has 288 valence electrons. The van der Waals surface area contributed by atoms with Crippen molar-refractivity contribution < 1.29 is 38.5 Å². The van der Waals surface area contributed by atoms with E-state index in [1.54, 1.807) is 7.11 Å². The number of benzene rings is 1. The van der Waals surface area contributed by atoms with Gasteiger partial charge in [0.15, 0.2) is 5.13 Å². The van der Waals surface area contributed by atoms with Gasteiger partial charge in [-0.05, 0) is 63.5 Å². The fraction of sp³-hybridized carbons (Fsp3) is 0.538. The molecule has 2 aliphatic heterocycles. The second-order valence-electron chi connectivity index (χ2n) is 14.9. The number of anilines is 1. The maximum absolute atomic E-state index is 14.5. The first-order chi connectivity index (χ1) is 26.0. The lowest BCUT2D eigenvalue weighted by Crippen LogP contribution is -2.56. The first-order valence-corrected chi connectivity index (χ1v) is 19.7. The standard InChI is InChI=1S/C39H48N6O8S/c1-44(2)37-41-31(22-54-37)30-19-33(27-16-15-25(51-3)17-29(27)40-30)52-26-18-32-34(46)43-39(36(48)49)20-23(39)11-7-5-4-6-8-14-28(35(47)45(32)21-26)42-38(50)53-24-12-9-10-13-24/h7,11,15-17,19,22-24,26,28,32H,4-6,8-10,12-14,18,20-21H2,1-3H3,(H,42,50)(H,43,46)(H,48,49)/b11-7-/t23-,26-,28+,32+,39-/m1/s1. The normalized spacial score (nSPS) is 26.8. The van der Waals surface area contributed by atoms with Crippen molar-refractivity contribution in [2.75, 3.05) is 32.6 Å². The van der Waals surface area contributed by atoms with E-state index in [-0.39, 0.29) is 31.4 Å². The lowest BCUT2D eigenvalue weighted by molar-refractivity contribution is -0.145. The van der Waals surface area contributed by atoms with Crippen LogP contribution in [0.4, 0.5) is 9.93 Å². The summed E-state index contributed by atoms with van der Waals surface area (Å²) in [5.74, 6) is -1.36. The number of thiazole rings is 1. The van der Waals surface area contributed by atoms with E-state index in [9.17, 15) is 24.3 Å². The van der Waals surface area contributed by atoms with Gasteiger partial charge in [-0.25, -0.2) is 19.6 Å². The molecule has 7 rings (SSSR count). The number of rotatable bonds is 8. The molecule has 1 saturated heterocycles. The van der Waals surface area contributed by atoms with Gasteiger partial charge in [0, 0.05) is 49.3 Å². The van der Waals surface area contributed by atoms with E-state index < -0.39 is 47.6 Å². The number of fused-ring (bicyclic) bond motifs is 3. The van der Waals surface area contributed by atoms with Crippen LogP contribution in [0.2, 0.25) is 0 Å². The fourth-order valence-corrected chi connectivity index (χ4v) is 8.53. The summed E-state index contributed by atoms with van der Waals surface area (Å²) in [6.07, 6.45) is 9.73. The Morgan fingerprint density at radius 3 is 2.57 bits per heavy atom. The van der Waals surface area contributed by atoms with Crippen LogP contribution in [-0.2, 0) is 19.1 Å². The Bertz CT molecular complexity index is 1930. The summed E-state index contributed by atoms with van der Waals surface area (Å²) < 4.78 is 17.9. The Morgan fingerprint density at radius 1 is 1.04 bits per heavy atom. The molecule has 15 heteroatoms. The first kappa shape index (κ1) is 37.4. The Morgan fingerprint density at radius 2 is 1.83 bits per heavy atom. The Balaban J connectivity index is 1.20. The van der Waals surface area contributed by atoms with Crippen molar-refractivity contribution in [1.82, 2.24) is 25.5 Å². The number of allylic oxidation sites excluding steroid dienone is 1.